The van der Waals surface area contributed by atoms with E-state index in [1.165, 1.54) is 0 Å². The molecule has 0 aromatic heterocycles. The fourth-order valence-electron chi connectivity index (χ4n) is 2.54. The maximum Gasteiger partial charge on any atom is 0.247 e. The Kier molecular flexibility index (Phi) is 5.50. The van der Waals surface area contributed by atoms with Gasteiger partial charge in [0.15, 0.2) is 11.4 Å². The van der Waals surface area contributed by atoms with E-state index in [0.29, 0.717) is 16.9 Å². The molecule has 7 nitrogen and oxygen atoms in total. The monoisotopic (exact) mass is 375 g/mol. The van der Waals surface area contributed by atoms with Crippen LogP contribution in [0.15, 0.2) is 59.6 Å². The maximum atomic E-state index is 12.7. The highest BCUT2D eigenvalue weighted by atomic mass is 32.2. The highest BCUT2D eigenvalue weighted by molar-refractivity contribution is 8.15. The fraction of sp³-hybridized carbons (Fsp3) is 0.105. The number of carbonyl (C=O) groups excluding carboxylic acids is 2. The molecule has 0 radical (unpaired) electrons. The number of carbonyl (C=O) groups is 2. The summed E-state index contributed by atoms with van der Waals surface area (Å²) in [6, 6.07) is 17.2. The van der Waals surface area contributed by atoms with E-state index in [4.69, 9.17) is 10.5 Å². The Morgan fingerprint density at radius 3 is 2.44 bits per heavy atom. The number of imide groups is 1. The topological polar surface area (TPSA) is 109 Å². The third-order valence-electron chi connectivity index (χ3n) is 3.76. The molecule has 0 unspecified atom stereocenters. The Labute approximate surface area is 159 Å². The second kappa shape index (κ2) is 8.17. The first-order valence-corrected chi connectivity index (χ1v) is 8.83. The van der Waals surface area contributed by atoms with Gasteiger partial charge in [-0.25, -0.2) is 9.89 Å². The number of aliphatic imine (C=N–C) groups is 1. The van der Waals surface area contributed by atoms with Crippen LogP contribution in [0.25, 0.3) is 0 Å². The van der Waals surface area contributed by atoms with Crippen LogP contribution < -0.4 is 10.2 Å². The number of amides is 2. The van der Waals surface area contributed by atoms with E-state index in [0.717, 1.165) is 16.7 Å². The summed E-state index contributed by atoms with van der Waals surface area (Å²) in [6.07, 6.45) is 1.81. The van der Waals surface area contributed by atoms with E-state index >= 15 is 0 Å². The first-order valence-electron chi connectivity index (χ1n) is 7.95. The molecule has 1 heterocycles. The molecule has 0 saturated carbocycles. The van der Waals surface area contributed by atoms with Crippen molar-refractivity contribution in [3.63, 3.8) is 0 Å². The molecular formula is C19H13N5O2S. The number of amidine groups is 1. The van der Waals surface area contributed by atoms with Crippen LogP contribution >= 0.6 is 11.8 Å². The van der Waals surface area contributed by atoms with Crippen LogP contribution in [0.4, 0.5) is 11.4 Å². The van der Waals surface area contributed by atoms with Crippen molar-refractivity contribution in [3.8, 4) is 12.3 Å². The molecule has 2 aromatic carbocycles. The summed E-state index contributed by atoms with van der Waals surface area (Å²) in [7, 11) is 0. The Morgan fingerprint density at radius 2 is 1.81 bits per heavy atom. The summed E-state index contributed by atoms with van der Waals surface area (Å²) in [4.78, 5) is 30.5. The molecule has 1 atom stereocenters. The van der Waals surface area contributed by atoms with Crippen LogP contribution in [0.2, 0.25) is 0 Å². The first kappa shape index (κ1) is 18.2. The molecular weight excluding hydrogens is 362 g/mol. The van der Waals surface area contributed by atoms with Crippen molar-refractivity contribution in [2.75, 3.05) is 4.90 Å². The third-order valence-corrected chi connectivity index (χ3v) is 4.83. The molecule has 3 rings (SSSR count). The second-order valence-electron chi connectivity index (χ2n) is 5.53. The van der Waals surface area contributed by atoms with Crippen LogP contribution in [0.3, 0.4) is 0 Å². The van der Waals surface area contributed by atoms with Crippen molar-refractivity contribution in [1.29, 1.82) is 10.5 Å². The highest BCUT2D eigenvalue weighted by Gasteiger charge is 2.40. The van der Waals surface area contributed by atoms with Gasteiger partial charge in [0.2, 0.25) is 11.8 Å². The van der Waals surface area contributed by atoms with E-state index < -0.39 is 5.25 Å². The standard InChI is InChI=1S/C19H13N5O2S/c20-11-13-6-8-15(9-7-13)24-17(25)10-16(18(24)26)27-19(22-12-21)23-14-4-2-1-3-5-14/h1-9,16H,10H2,(H,22,23)/t16-/m0/s1. The lowest BCUT2D eigenvalue weighted by Crippen LogP contribution is -2.32. The van der Waals surface area contributed by atoms with Crippen molar-refractivity contribution in [3.05, 3.63) is 60.2 Å². The average molecular weight is 375 g/mol. The van der Waals surface area contributed by atoms with Gasteiger partial charge in [-0.2, -0.15) is 10.5 Å². The number of anilines is 1. The molecule has 27 heavy (non-hydrogen) atoms. The SMILES string of the molecule is N#CNC(=Nc1ccccc1)S[C@H]1CC(=O)N(c2ccc(C#N)cc2)C1=O. The average Bonchev–Trinajstić information content (AvgIpc) is 2.96. The van der Waals surface area contributed by atoms with Crippen LogP contribution in [-0.4, -0.2) is 22.2 Å². The summed E-state index contributed by atoms with van der Waals surface area (Å²) in [5.41, 5.74) is 1.49. The number of para-hydroxylation sites is 1. The van der Waals surface area contributed by atoms with E-state index in [1.54, 1.807) is 42.6 Å². The molecule has 132 valence electrons. The molecule has 1 saturated heterocycles. The zero-order chi connectivity index (χ0) is 19.2. The first-order chi connectivity index (χ1) is 13.1. The van der Waals surface area contributed by atoms with Gasteiger partial charge in [-0.05, 0) is 36.4 Å². The third kappa shape index (κ3) is 4.14. The van der Waals surface area contributed by atoms with E-state index in [9.17, 15) is 9.59 Å². The van der Waals surface area contributed by atoms with Gasteiger partial charge in [0.1, 0.15) is 5.25 Å². The Morgan fingerprint density at radius 1 is 1.11 bits per heavy atom. The van der Waals surface area contributed by atoms with Gasteiger partial charge in [-0.15, -0.1) is 0 Å². The molecule has 2 aromatic rings. The van der Waals surface area contributed by atoms with E-state index in [-0.39, 0.29) is 23.4 Å². The van der Waals surface area contributed by atoms with Gasteiger partial charge < -0.3 is 0 Å². The zero-order valence-electron chi connectivity index (χ0n) is 14.0. The molecule has 1 fully saturated rings. The second-order valence-corrected chi connectivity index (χ2v) is 6.72. The van der Waals surface area contributed by atoms with Gasteiger partial charge in [0, 0.05) is 6.42 Å². The fourth-order valence-corrected chi connectivity index (χ4v) is 3.50. The lowest BCUT2D eigenvalue weighted by atomic mass is 10.2. The molecule has 0 spiro atoms. The van der Waals surface area contributed by atoms with Crippen molar-refractivity contribution < 1.29 is 9.59 Å². The Balaban J connectivity index is 1.80. The summed E-state index contributed by atoms with van der Waals surface area (Å²) >= 11 is 1.04. The largest absolute Gasteiger partial charge is 0.274 e. The van der Waals surface area contributed by atoms with Gasteiger partial charge in [-0.3, -0.25) is 14.9 Å². The van der Waals surface area contributed by atoms with Crippen LogP contribution in [0.1, 0.15) is 12.0 Å². The minimum atomic E-state index is -0.684. The predicted molar refractivity (Wildman–Crippen MR) is 102 cm³/mol. The number of nitrogens with one attached hydrogen (secondary N) is 1. The predicted octanol–water partition coefficient (Wildman–Crippen LogP) is 2.68. The summed E-state index contributed by atoms with van der Waals surface area (Å²) < 4.78 is 0. The normalized spacial score (nSPS) is 16.7. The van der Waals surface area contributed by atoms with Crippen molar-refractivity contribution in [2.24, 2.45) is 4.99 Å². The van der Waals surface area contributed by atoms with E-state index in [2.05, 4.69) is 10.3 Å². The molecule has 8 heteroatoms. The number of rotatable bonds is 3. The molecule has 1 aliphatic rings. The minimum absolute atomic E-state index is 0.00438. The van der Waals surface area contributed by atoms with Crippen LogP contribution in [0.5, 0.6) is 0 Å². The lowest BCUT2D eigenvalue weighted by molar-refractivity contribution is -0.121. The molecule has 1 N–H and O–H groups in total. The number of benzene rings is 2. The summed E-state index contributed by atoms with van der Waals surface area (Å²) in [5.74, 6) is -0.714. The molecule has 0 bridgehead atoms. The summed E-state index contributed by atoms with van der Waals surface area (Å²) in [5, 5.41) is 19.8. The number of thioether (sulfide) groups is 1. The Hall–Kier alpha value is -3.62. The smallest absolute Gasteiger partial charge is 0.247 e. The maximum absolute atomic E-state index is 12.7. The van der Waals surface area contributed by atoms with Crippen molar-refractivity contribution >= 4 is 40.1 Å². The van der Waals surface area contributed by atoms with Gasteiger partial charge >= 0.3 is 0 Å². The van der Waals surface area contributed by atoms with Crippen LogP contribution in [0, 0.1) is 22.8 Å². The Bertz CT molecular complexity index is 974. The number of hydrogen-bond donors (Lipinski definition) is 1. The number of nitrogens with zero attached hydrogens (tertiary/aromatic N) is 4. The zero-order valence-corrected chi connectivity index (χ0v) is 14.8. The number of nitriles is 2. The molecule has 2 amide bonds. The van der Waals surface area contributed by atoms with Gasteiger partial charge in [0.05, 0.1) is 23.0 Å². The van der Waals surface area contributed by atoms with Crippen molar-refractivity contribution in [1.82, 2.24) is 5.32 Å². The molecule has 1 aliphatic heterocycles. The van der Waals surface area contributed by atoms with Gasteiger partial charge in [0.25, 0.3) is 0 Å². The highest BCUT2D eigenvalue weighted by Crippen LogP contribution is 2.30. The van der Waals surface area contributed by atoms with Crippen LogP contribution in [-0.2, 0) is 9.59 Å². The number of hydrogen-bond acceptors (Lipinski definition) is 6. The molecule has 0 aliphatic carbocycles. The van der Waals surface area contributed by atoms with Gasteiger partial charge in [-0.1, -0.05) is 30.0 Å². The summed E-state index contributed by atoms with van der Waals surface area (Å²) in [6.45, 7) is 0. The quantitative estimate of drug-likeness (QED) is 0.290. The van der Waals surface area contributed by atoms with Crippen molar-refractivity contribution in [2.45, 2.75) is 11.7 Å². The minimum Gasteiger partial charge on any atom is -0.274 e. The van der Waals surface area contributed by atoms with E-state index in [1.807, 2.05) is 24.3 Å². The lowest BCUT2D eigenvalue weighted by Gasteiger charge is -2.15.